The van der Waals surface area contributed by atoms with Gasteiger partial charge in [0.25, 0.3) is 5.91 Å². The van der Waals surface area contributed by atoms with Gasteiger partial charge in [-0.3, -0.25) is 4.79 Å². The van der Waals surface area contributed by atoms with Crippen LogP contribution in [0.1, 0.15) is 35.9 Å². The van der Waals surface area contributed by atoms with Gasteiger partial charge in [-0.2, -0.15) is 13.8 Å². The molecule has 1 fully saturated rings. The SMILES string of the molecule is CC(F)(F)c1ncc(C(=O)NC(C=CS(C)(=O)=O)C2CC2)c(Oc2ccccc2)n1. The van der Waals surface area contributed by atoms with Gasteiger partial charge in [0.05, 0.1) is 6.04 Å². The third kappa shape index (κ3) is 6.06. The van der Waals surface area contributed by atoms with E-state index in [1.54, 1.807) is 30.3 Å². The number of nitrogens with zero attached hydrogens (tertiary/aromatic N) is 2. The molecule has 1 heterocycles. The molecular weight excluding hydrogens is 416 g/mol. The number of alkyl halides is 2. The smallest absolute Gasteiger partial charge is 0.303 e. The van der Waals surface area contributed by atoms with E-state index >= 15 is 0 Å². The fourth-order valence-electron chi connectivity index (χ4n) is 2.65. The molecule has 3 rings (SSSR count). The maximum atomic E-state index is 13.7. The van der Waals surface area contributed by atoms with Crippen LogP contribution in [0.4, 0.5) is 8.78 Å². The molecule has 7 nitrogen and oxygen atoms in total. The Kier molecular flexibility index (Phi) is 6.16. The number of nitrogens with one attached hydrogen (secondary N) is 1. The van der Waals surface area contributed by atoms with Crippen molar-refractivity contribution >= 4 is 15.7 Å². The fourth-order valence-corrected chi connectivity index (χ4v) is 3.10. The Balaban J connectivity index is 1.90. The van der Waals surface area contributed by atoms with Gasteiger partial charge in [0.15, 0.2) is 9.84 Å². The topological polar surface area (TPSA) is 98.2 Å². The van der Waals surface area contributed by atoms with E-state index in [9.17, 15) is 22.0 Å². The van der Waals surface area contributed by atoms with E-state index in [4.69, 9.17) is 4.74 Å². The third-order valence-electron chi connectivity index (χ3n) is 4.31. The number of halogens is 2. The number of benzene rings is 1. The van der Waals surface area contributed by atoms with Gasteiger partial charge in [-0.25, -0.2) is 13.4 Å². The molecule has 160 valence electrons. The average Bonchev–Trinajstić information content (AvgIpc) is 3.49. The second-order valence-corrected chi connectivity index (χ2v) is 9.14. The highest BCUT2D eigenvalue weighted by molar-refractivity contribution is 7.93. The van der Waals surface area contributed by atoms with E-state index in [0.717, 1.165) is 30.7 Å². The number of carbonyl (C=O) groups is 1. The maximum Gasteiger partial charge on any atom is 0.303 e. The Morgan fingerprint density at radius 3 is 2.53 bits per heavy atom. The van der Waals surface area contributed by atoms with Gasteiger partial charge in [0.2, 0.25) is 11.7 Å². The maximum absolute atomic E-state index is 13.7. The first-order valence-electron chi connectivity index (χ1n) is 9.20. The Morgan fingerprint density at radius 1 is 1.30 bits per heavy atom. The van der Waals surface area contributed by atoms with Crippen LogP contribution in [0.25, 0.3) is 0 Å². The van der Waals surface area contributed by atoms with Crippen LogP contribution in [-0.2, 0) is 15.8 Å². The van der Waals surface area contributed by atoms with Crippen molar-refractivity contribution in [2.75, 3.05) is 6.26 Å². The number of hydrogen-bond acceptors (Lipinski definition) is 6. The molecule has 30 heavy (non-hydrogen) atoms. The molecular formula is C20H21F2N3O4S. The van der Waals surface area contributed by atoms with Crippen LogP contribution in [0.2, 0.25) is 0 Å². The van der Waals surface area contributed by atoms with Crippen LogP contribution in [0.3, 0.4) is 0 Å². The molecule has 0 spiro atoms. The van der Waals surface area contributed by atoms with Crippen molar-refractivity contribution in [2.24, 2.45) is 5.92 Å². The number of para-hydroxylation sites is 1. The lowest BCUT2D eigenvalue weighted by Gasteiger charge is -2.17. The van der Waals surface area contributed by atoms with Crippen molar-refractivity contribution in [3.8, 4) is 11.6 Å². The van der Waals surface area contributed by atoms with Crippen LogP contribution in [-0.4, -0.2) is 36.6 Å². The van der Waals surface area contributed by atoms with Gasteiger partial charge in [-0.15, -0.1) is 0 Å². The predicted octanol–water partition coefficient (Wildman–Crippen LogP) is 3.45. The molecule has 1 N–H and O–H groups in total. The molecule has 0 aliphatic heterocycles. The summed E-state index contributed by atoms with van der Waals surface area (Å²) in [5, 5.41) is 3.75. The van der Waals surface area contributed by atoms with Crippen molar-refractivity contribution < 1.29 is 26.7 Å². The lowest BCUT2D eigenvalue weighted by Crippen LogP contribution is -2.35. The number of aromatic nitrogens is 2. The van der Waals surface area contributed by atoms with E-state index in [1.807, 2.05) is 0 Å². The quantitative estimate of drug-likeness (QED) is 0.679. The van der Waals surface area contributed by atoms with Crippen molar-refractivity contribution in [3.63, 3.8) is 0 Å². The van der Waals surface area contributed by atoms with Crippen LogP contribution in [0.5, 0.6) is 11.6 Å². The van der Waals surface area contributed by atoms with Gasteiger partial charge in [-0.1, -0.05) is 24.3 Å². The molecule has 0 saturated heterocycles. The monoisotopic (exact) mass is 437 g/mol. The third-order valence-corrected chi connectivity index (χ3v) is 4.96. The van der Waals surface area contributed by atoms with Gasteiger partial charge in [-0.05, 0) is 30.9 Å². The number of ether oxygens (including phenoxy) is 1. The van der Waals surface area contributed by atoms with Gasteiger partial charge in [0.1, 0.15) is 11.3 Å². The number of sulfone groups is 1. The molecule has 0 radical (unpaired) electrons. The lowest BCUT2D eigenvalue weighted by molar-refractivity contribution is 0.00707. The fraction of sp³-hybridized carbons (Fsp3) is 0.350. The Hall–Kier alpha value is -2.88. The molecule has 1 unspecified atom stereocenters. The van der Waals surface area contributed by atoms with Crippen molar-refractivity contribution in [3.05, 3.63) is 59.4 Å². The second-order valence-electron chi connectivity index (χ2n) is 7.21. The van der Waals surface area contributed by atoms with E-state index in [1.165, 1.54) is 6.08 Å². The Bertz CT molecular complexity index is 1050. The highest BCUT2D eigenvalue weighted by Gasteiger charge is 2.33. The summed E-state index contributed by atoms with van der Waals surface area (Å²) >= 11 is 0. The number of rotatable bonds is 8. The van der Waals surface area contributed by atoms with Gasteiger partial charge < -0.3 is 10.1 Å². The number of amides is 1. The summed E-state index contributed by atoms with van der Waals surface area (Å²) in [6, 6.07) is 7.78. The predicted molar refractivity (Wildman–Crippen MR) is 106 cm³/mol. The first kappa shape index (κ1) is 21.8. The molecule has 2 aromatic rings. The van der Waals surface area contributed by atoms with Crippen molar-refractivity contribution in [1.29, 1.82) is 0 Å². The van der Waals surface area contributed by atoms with E-state index in [2.05, 4.69) is 15.3 Å². The summed E-state index contributed by atoms with van der Waals surface area (Å²) in [6.07, 6.45) is 5.13. The summed E-state index contributed by atoms with van der Waals surface area (Å²) in [5.74, 6) is -4.65. The first-order valence-corrected chi connectivity index (χ1v) is 11.2. The van der Waals surface area contributed by atoms with Crippen LogP contribution < -0.4 is 10.1 Å². The van der Waals surface area contributed by atoms with E-state index < -0.39 is 33.5 Å². The minimum Gasteiger partial charge on any atom is -0.438 e. The molecule has 0 bridgehead atoms. The summed E-state index contributed by atoms with van der Waals surface area (Å²) < 4.78 is 55.8. The van der Waals surface area contributed by atoms with Gasteiger partial charge >= 0.3 is 5.92 Å². The summed E-state index contributed by atoms with van der Waals surface area (Å²) in [5.41, 5.74) is -0.134. The Morgan fingerprint density at radius 2 is 1.97 bits per heavy atom. The summed E-state index contributed by atoms with van der Waals surface area (Å²) in [4.78, 5) is 20.2. The highest BCUT2D eigenvalue weighted by Crippen LogP contribution is 2.34. The van der Waals surface area contributed by atoms with Crippen LogP contribution in [0.15, 0.2) is 48.0 Å². The standard InChI is InChI=1S/C20H21F2N3O4S/c1-20(21,22)19-23-12-15(18(25-19)29-14-6-4-3-5-7-14)17(26)24-16(13-8-9-13)10-11-30(2,27)28/h3-7,10-13,16H,8-9H2,1-2H3,(H,24,26). The highest BCUT2D eigenvalue weighted by atomic mass is 32.2. The largest absolute Gasteiger partial charge is 0.438 e. The second kappa shape index (κ2) is 8.47. The normalized spacial score (nSPS) is 15.7. The molecule has 1 amide bonds. The van der Waals surface area contributed by atoms with E-state index in [0.29, 0.717) is 12.7 Å². The molecule has 1 aliphatic carbocycles. The van der Waals surface area contributed by atoms with Crippen LogP contribution in [0, 0.1) is 5.92 Å². The zero-order chi connectivity index (χ0) is 21.9. The summed E-state index contributed by atoms with van der Waals surface area (Å²) in [6.45, 7) is 0.646. The molecule has 1 aliphatic rings. The zero-order valence-corrected chi connectivity index (χ0v) is 17.2. The van der Waals surface area contributed by atoms with Gasteiger partial charge in [0, 0.05) is 24.8 Å². The minimum absolute atomic E-state index is 0.102. The zero-order valence-electron chi connectivity index (χ0n) is 16.4. The molecule has 1 aromatic heterocycles. The van der Waals surface area contributed by atoms with Crippen LogP contribution >= 0.6 is 0 Å². The van der Waals surface area contributed by atoms with Crippen molar-refractivity contribution in [1.82, 2.24) is 15.3 Å². The Labute approximate surface area is 173 Å². The number of hydrogen-bond donors (Lipinski definition) is 1. The summed E-state index contributed by atoms with van der Waals surface area (Å²) in [7, 11) is -3.36. The molecule has 10 heteroatoms. The number of carbonyl (C=O) groups excluding carboxylic acids is 1. The minimum atomic E-state index is -3.36. The molecule has 1 aromatic carbocycles. The molecule has 1 saturated carbocycles. The average molecular weight is 437 g/mol. The lowest BCUT2D eigenvalue weighted by atomic mass is 10.1. The van der Waals surface area contributed by atoms with Crippen molar-refractivity contribution in [2.45, 2.75) is 31.7 Å². The molecule has 1 atom stereocenters. The first-order chi connectivity index (χ1) is 14.0. The van der Waals surface area contributed by atoms with E-state index in [-0.39, 0.29) is 17.4 Å².